The third-order valence-electron chi connectivity index (χ3n) is 11.6. The molecule has 0 aromatic carbocycles. The van der Waals surface area contributed by atoms with Gasteiger partial charge in [-0.3, -0.25) is 4.79 Å². The molecule has 0 aliphatic heterocycles. The normalized spacial score (nSPS) is 45.4. The summed E-state index contributed by atoms with van der Waals surface area (Å²) in [5.74, 6) is 0.320. The molecular weight excluding hydrogens is 428 g/mol. The van der Waals surface area contributed by atoms with Crippen LogP contribution in [0.4, 0.5) is 0 Å². The Hall–Kier alpha value is -1.89. The fraction of sp³-hybridized carbons (Fsp3) is 0.821. The molecule has 5 aliphatic rings. The maximum absolute atomic E-state index is 11.5. The summed E-state index contributed by atoms with van der Waals surface area (Å²) >= 11 is 0. The lowest BCUT2D eigenvalue weighted by Crippen LogP contribution is -2.75. The van der Waals surface area contributed by atoms with Crippen molar-refractivity contribution in [1.29, 1.82) is 10.5 Å². The van der Waals surface area contributed by atoms with Crippen LogP contribution in [-0.4, -0.2) is 32.1 Å². The molecule has 34 heavy (non-hydrogen) atoms. The Labute approximate surface area is 203 Å². The number of fused-ring (bicyclic) bond motifs is 6. The van der Waals surface area contributed by atoms with E-state index in [1.807, 2.05) is 0 Å². The number of hydrogen-bond donors (Lipinski definition) is 0. The van der Waals surface area contributed by atoms with E-state index in [9.17, 15) is 15.3 Å². The number of methoxy groups -OCH3 is 2. The highest BCUT2D eigenvalue weighted by Gasteiger charge is 2.84. The van der Waals surface area contributed by atoms with Gasteiger partial charge in [-0.15, -0.1) is 0 Å². The van der Waals surface area contributed by atoms with Crippen LogP contribution in [0.15, 0.2) is 11.6 Å². The van der Waals surface area contributed by atoms with Crippen LogP contribution in [0.2, 0.25) is 0 Å². The van der Waals surface area contributed by atoms with Crippen LogP contribution < -0.4 is 0 Å². The van der Waals surface area contributed by atoms with Crippen molar-refractivity contribution in [1.82, 2.24) is 0 Å². The lowest BCUT2D eigenvalue weighted by atomic mass is 9.35. The van der Waals surface area contributed by atoms with Crippen LogP contribution in [0, 0.1) is 62.1 Å². The van der Waals surface area contributed by atoms with Gasteiger partial charge in [0.2, 0.25) is 11.2 Å². The first kappa shape index (κ1) is 23.8. The van der Waals surface area contributed by atoms with Crippen molar-refractivity contribution < 1.29 is 19.0 Å². The molecule has 6 heteroatoms. The van der Waals surface area contributed by atoms with Crippen molar-refractivity contribution in [3.05, 3.63) is 11.6 Å². The van der Waals surface area contributed by atoms with Crippen molar-refractivity contribution in [2.45, 2.75) is 90.4 Å². The van der Waals surface area contributed by atoms with E-state index in [4.69, 9.17) is 14.2 Å². The molecule has 4 saturated carbocycles. The van der Waals surface area contributed by atoms with Crippen LogP contribution in [0.25, 0.3) is 0 Å². The first-order valence-electron chi connectivity index (χ1n) is 12.9. The molecule has 0 aromatic heterocycles. The van der Waals surface area contributed by atoms with Crippen molar-refractivity contribution in [2.24, 2.45) is 39.4 Å². The number of carbonyl (C=O) groups excluding carboxylic acids is 1. The predicted molar refractivity (Wildman–Crippen MR) is 125 cm³/mol. The highest BCUT2D eigenvalue weighted by molar-refractivity contribution is 5.66. The highest BCUT2D eigenvalue weighted by atomic mass is 16.7. The van der Waals surface area contributed by atoms with E-state index in [1.54, 1.807) is 14.2 Å². The molecule has 0 saturated heterocycles. The van der Waals surface area contributed by atoms with Gasteiger partial charge in [0.05, 0.1) is 12.1 Å². The van der Waals surface area contributed by atoms with Gasteiger partial charge < -0.3 is 14.2 Å². The summed E-state index contributed by atoms with van der Waals surface area (Å²) in [7, 11) is 3.12. The van der Waals surface area contributed by atoms with E-state index in [2.05, 4.69) is 32.1 Å². The average Bonchev–Trinajstić information content (AvgIpc) is 3.12. The van der Waals surface area contributed by atoms with E-state index >= 15 is 0 Å². The number of nitrogens with zero attached hydrogens (tertiary/aromatic N) is 2. The topological polar surface area (TPSA) is 92.3 Å². The fourth-order valence-electron chi connectivity index (χ4n) is 9.87. The zero-order valence-electron chi connectivity index (χ0n) is 21.3. The number of hydrogen-bond acceptors (Lipinski definition) is 6. The Bertz CT molecular complexity index is 989. The van der Waals surface area contributed by atoms with Crippen LogP contribution in [0.1, 0.15) is 78.6 Å². The molecule has 0 bridgehead atoms. The summed E-state index contributed by atoms with van der Waals surface area (Å²) < 4.78 is 17.1. The Morgan fingerprint density at radius 3 is 2.32 bits per heavy atom. The third-order valence-corrected chi connectivity index (χ3v) is 11.6. The average molecular weight is 467 g/mol. The Balaban J connectivity index is 1.47. The summed E-state index contributed by atoms with van der Waals surface area (Å²) in [6.07, 6.45) is 11.1. The second-order valence-corrected chi connectivity index (χ2v) is 12.1. The molecule has 5 rings (SSSR count). The molecule has 0 aromatic rings. The van der Waals surface area contributed by atoms with Gasteiger partial charge in [0.1, 0.15) is 6.10 Å². The van der Waals surface area contributed by atoms with Gasteiger partial charge in [0.15, 0.2) is 0 Å². The van der Waals surface area contributed by atoms with Gasteiger partial charge in [-0.2, -0.15) is 10.5 Å². The quantitative estimate of drug-likeness (QED) is 0.319. The van der Waals surface area contributed by atoms with Crippen molar-refractivity contribution in [3.8, 4) is 12.1 Å². The van der Waals surface area contributed by atoms with Gasteiger partial charge in [-0.25, -0.2) is 0 Å². The SMILES string of the molecule is COC1(OC)C[C@@]2(CC[C@H]3[C@@H]4CC=C5C[C@@H](OC(C)=O)CC[C@]5(C)[C@H]4CC[C@@]32C)C1(C#N)C#N. The minimum Gasteiger partial charge on any atom is -0.462 e. The lowest BCUT2D eigenvalue weighted by Gasteiger charge is -2.69. The van der Waals surface area contributed by atoms with E-state index in [-0.39, 0.29) is 22.9 Å². The number of nitriles is 2. The number of carbonyl (C=O) groups is 1. The van der Waals surface area contributed by atoms with Gasteiger partial charge >= 0.3 is 5.97 Å². The highest BCUT2D eigenvalue weighted by Crippen LogP contribution is 2.81. The first-order valence-corrected chi connectivity index (χ1v) is 12.9. The van der Waals surface area contributed by atoms with Crippen molar-refractivity contribution in [2.75, 3.05) is 14.2 Å². The summed E-state index contributed by atoms with van der Waals surface area (Å²) in [5.41, 5.74) is -0.144. The summed E-state index contributed by atoms with van der Waals surface area (Å²) in [4.78, 5) is 11.5. The molecular formula is C28H38N2O4. The largest absolute Gasteiger partial charge is 0.462 e. The zero-order valence-corrected chi connectivity index (χ0v) is 21.3. The van der Waals surface area contributed by atoms with Gasteiger partial charge in [-0.1, -0.05) is 25.5 Å². The number of rotatable bonds is 3. The van der Waals surface area contributed by atoms with Crippen LogP contribution in [0.3, 0.4) is 0 Å². The van der Waals surface area contributed by atoms with Crippen LogP contribution in [0.5, 0.6) is 0 Å². The fourth-order valence-corrected chi connectivity index (χ4v) is 9.87. The molecule has 0 radical (unpaired) electrons. The Morgan fingerprint density at radius 1 is 1.03 bits per heavy atom. The molecule has 0 N–H and O–H groups in total. The van der Waals surface area contributed by atoms with Crippen LogP contribution in [-0.2, 0) is 19.0 Å². The van der Waals surface area contributed by atoms with E-state index < -0.39 is 16.6 Å². The second-order valence-electron chi connectivity index (χ2n) is 12.1. The van der Waals surface area contributed by atoms with Gasteiger partial charge in [0, 0.05) is 39.4 Å². The Morgan fingerprint density at radius 2 is 1.71 bits per heavy atom. The van der Waals surface area contributed by atoms with E-state index in [0.717, 1.165) is 51.4 Å². The standard InChI is InChI=1S/C28H38N2O4/c1-18(31)34-20-8-11-24(2)19(14-20)6-7-21-22(24)9-12-25(3)23(21)10-13-26(25)15-28(32-4,33-5)27(26,16-29)17-30/h6,20-23H,7-15H2,1-5H3/t20-,21+,22-,23-,24-,25-,26+/m0/s1. The summed E-state index contributed by atoms with van der Waals surface area (Å²) in [5, 5.41) is 20.8. The van der Waals surface area contributed by atoms with Gasteiger partial charge in [0.25, 0.3) is 0 Å². The second kappa shape index (κ2) is 7.55. The minimum absolute atomic E-state index is 0.00930. The maximum Gasteiger partial charge on any atom is 0.302 e. The molecule has 5 aliphatic carbocycles. The summed E-state index contributed by atoms with van der Waals surface area (Å²) in [6.45, 7) is 6.30. The van der Waals surface area contributed by atoms with Crippen molar-refractivity contribution in [3.63, 3.8) is 0 Å². The lowest BCUT2D eigenvalue weighted by molar-refractivity contribution is -0.375. The molecule has 0 heterocycles. The first-order chi connectivity index (χ1) is 16.1. The molecule has 0 amide bonds. The van der Waals surface area contributed by atoms with Gasteiger partial charge in [-0.05, 0) is 73.5 Å². The number of esters is 1. The molecule has 184 valence electrons. The zero-order chi connectivity index (χ0) is 24.6. The van der Waals surface area contributed by atoms with Crippen molar-refractivity contribution >= 4 is 5.97 Å². The molecule has 4 fully saturated rings. The predicted octanol–water partition coefficient (Wildman–Crippen LogP) is 5.29. The molecule has 1 spiro atoms. The van der Waals surface area contributed by atoms with Crippen LogP contribution >= 0.6 is 0 Å². The Kier molecular flexibility index (Phi) is 5.29. The number of ether oxygens (including phenoxy) is 3. The monoisotopic (exact) mass is 466 g/mol. The van der Waals surface area contributed by atoms with E-state index in [1.165, 1.54) is 12.5 Å². The molecule has 0 unspecified atom stereocenters. The molecule has 6 nitrogen and oxygen atoms in total. The number of allylic oxidation sites excluding steroid dienone is 1. The maximum atomic E-state index is 11.5. The summed E-state index contributed by atoms with van der Waals surface area (Å²) in [6, 6.07) is 4.86. The minimum atomic E-state index is -1.29. The smallest absolute Gasteiger partial charge is 0.302 e. The third kappa shape index (κ3) is 2.55. The molecule has 7 atom stereocenters. The van der Waals surface area contributed by atoms with E-state index in [0.29, 0.717) is 24.2 Å².